The van der Waals surface area contributed by atoms with Crippen LogP contribution in [0.1, 0.15) is 49.9 Å². The first-order valence-corrected chi connectivity index (χ1v) is 18.3. The van der Waals surface area contributed by atoms with Gasteiger partial charge in [-0.1, -0.05) is 179 Å². The van der Waals surface area contributed by atoms with E-state index < -0.39 is 0 Å². The first-order valence-electron chi connectivity index (χ1n) is 18.3. The van der Waals surface area contributed by atoms with Crippen molar-refractivity contribution >= 4 is 10.8 Å². The summed E-state index contributed by atoms with van der Waals surface area (Å²) >= 11 is 0. The maximum atomic E-state index is 5.41. The van der Waals surface area contributed by atoms with Gasteiger partial charge in [0.25, 0.3) is 0 Å². The molecule has 2 nitrogen and oxygen atoms in total. The van der Waals surface area contributed by atoms with E-state index in [1.54, 1.807) is 0 Å². The van der Waals surface area contributed by atoms with Crippen molar-refractivity contribution in [3.8, 4) is 67.3 Å². The van der Waals surface area contributed by atoms with Crippen molar-refractivity contribution in [3.63, 3.8) is 0 Å². The lowest BCUT2D eigenvalue weighted by molar-refractivity contribution is 0.660. The van der Waals surface area contributed by atoms with Gasteiger partial charge >= 0.3 is 0 Å². The molecule has 0 N–H and O–H groups in total. The predicted octanol–water partition coefficient (Wildman–Crippen LogP) is 12.9. The van der Waals surface area contributed by atoms with Crippen LogP contribution in [0, 0.1) is 0 Å². The molecule has 2 aliphatic rings. The Kier molecular flexibility index (Phi) is 6.60. The van der Waals surface area contributed by atoms with Crippen molar-refractivity contribution in [2.45, 2.75) is 38.5 Å². The first kappa shape index (κ1) is 30.7. The fourth-order valence-electron chi connectivity index (χ4n) is 9.06. The third-order valence-corrected chi connectivity index (χ3v) is 11.7. The van der Waals surface area contributed by atoms with Crippen molar-refractivity contribution in [1.29, 1.82) is 0 Å². The Labute approximate surface area is 305 Å². The van der Waals surface area contributed by atoms with Gasteiger partial charge in [0, 0.05) is 27.5 Å². The number of aromatic nitrogens is 2. The van der Waals surface area contributed by atoms with E-state index in [1.165, 1.54) is 66.4 Å². The minimum Gasteiger partial charge on any atom is -0.228 e. The molecule has 0 radical (unpaired) electrons. The summed E-state index contributed by atoms with van der Waals surface area (Å²) in [6, 6.07) is 57.3. The van der Waals surface area contributed by atoms with Gasteiger partial charge in [0.2, 0.25) is 0 Å². The van der Waals surface area contributed by atoms with Crippen molar-refractivity contribution in [2.75, 3.05) is 0 Å². The molecule has 0 bridgehead atoms. The lowest BCUT2D eigenvalue weighted by atomic mass is 9.82. The molecule has 0 saturated carbocycles. The SMILES string of the molecule is CC1(C)c2ccccc2-c2c(-c3cc(-c4cccc5c4-c4ccccc4C5(C)C)nc(-c4ccc(-c5cccc6ccccc56)cc4)n3)cccc21. The van der Waals surface area contributed by atoms with Crippen molar-refractivity contribution in [2.24, 2.45) is 0 Å². The Morgan fingerprint density at radius 3 is 1.38 bits per heavy atom. The van der Waals surface area contributed by atoms with E-state index in [-0.39, 0.29) is 10.8 Å². The molecule has 7 aromatic carbocycles. The van der Waals surface area contributed by atoms with Crippen molar-refractivity contribution in [1.82, 2.24) is 9.97 Å². The highest BCUT2D eigenvalue weighted by Crippen LogP contribution is 2.54. The van der Waals surface area contributed by atoms with Gasteiger partial charge in [-0.25, -0.2) is 9.97 Å². The molecule has 8 aromatic rings. The Hall–Kier alpha value is -6.12. The second-order valence-electron chi connectivity index (χ2n) is 15.4. The molecular weight excluding hydrogens is 629 g/mol. The van der Waals surface area contributed by atoms with E-state index in [0.29, 0.717) is 0 Å². The largest absolute Gasteiger partial charge is 0.228 e. The lowest BCUT2D eigenvalue weighted by Crippen LogP contribution is -2.14. The van der Waals surface area contributed by atoms with Gasteiger partial charge in [-0.3, -0.25) is 0 Å². The Morgan fingerprint density at radius 1 is 0.365 bits per heavy atom. The molecule has 10 rings (SSSR count). The molecule has 0 unspecified atom stereocenters. The minimum absolute atomic E-state index is 0.104. The summed E-state index contributed by atoms with van der Waals surface area (Å²) in [6.45, 7) is 9.34. The smallest absolute Gasteiger partial charge is 0.160 e. The van der Waals surface area contributed by atoms with Crippen LogP contribution in [0.2, 0.25) is 0 Å². The van der Waals surface area contributed by atoms with E-state index in [2.05, 4.69) is 185 Å². The molecule has 0 aliphatic heterocycles. The zero-order valence-corrected chi connectivity index (χ0v) is 29.9. The Bertz CT molecular complexity index is 2600. The van der Waals surface area contributed by atoms with Gasteiger partial charge in [0.05, 0.1) is 11.4 Å². The summed E-state index contributed by atoms with van der Waals surface area (Å²) in [7, 11) is 0. The quantitative estimate of drug-likeness (QED) is 0.187. The van der Waals surface area contributed by atoms with Crippen LogP contribution in [0.15, 0.2) is 158 Å². The third kappa shape index (κ3) is 4.43. The first-order chi connectivity index (χ1) is 25.3. The predicted molar refractivity (Wildman–Crippen MR) is 216 cm³/mol. The zero-order chi connectivity index (χ0) is 35.2. The highest BCUT2D eigenvalue weighted by Gasteiger charge is 2.38. The summed E-state index contributed by atoms with van der Waals surface area (Å²) in [5, 5.41) is 2.49. The normalized spacial score (nSPS) is 14.5. The number of hydrogen-bond acceptors (Lipinski definition) is 2. The average molecular weight is 667 g/mol. The zero-order valence-electron chi connectivity index (χ0n) is 29.9. The number of nitrogens with zero attached hydrogens (tertiary/aromatic N) is 2. The van der Waals surface area contributed by atoms with Gasteiger partial charge < -0.3 is 0 Å². The van der Waals surface area contributed by atoms with Gasteiger partial charge in [0.15, 0.2) is 5.82 Å². The van der Waals surface area contributed by atoms with E-state index >= 15 is 0 Å². The van der Waals surface area contributed by atoms with Crippen LogP contribution in [0.5, 0.6) is 0 Å². The van der Waals surface area contributed by atoms with Gasteiger partial charge in [-0.15, -0.1) is 0 Å². The summed E-state index contributed by atoms with van der Waals surface area (Å²) in [4.78, 5) is 10.8. The minimum atomic E-state index is -0.104. The number of rotatable bonds is 4. The summed E-state index contributed by atoms with van der Waals surface area (Å²) in [6.07, 6.45) is 0. The third-order valence-electron chi connectivity index (χ3n) is 11.7. The molecular formula is C50H38N2. The van der Waals surface area contributed by atoms with Crippen LogP contribution < -0.4 is 0 Å². The summed E-state index contributed by atoms with van der Waals surface area (Å²) in [5.41, 5.74) is 17.8. The van der Waals surface area contributed by atoms with Crippen LogP contribution in [-0.4, -0.2) is 9.97 Å². The van der Waals surface area contributed by atoms with E-state index in [4.69, 9.17) is 9.97 Å². The molecule has 1 heterocycles. The van der Waals surface area contributed by atoms with Crippen LogP contribution in [0.4, 0.5) is 0 Å². The molecule has 0 fully saturated rings. The topological polar surface area (TPSA) is 25.8 Å². The van der Waals surface area contributed by atoms with Gasteiger partial charge in [-0.2, -0.15) is 0 Å². The van der Waals surface area contributed by atoms with Crippen LogP contribution in [-0.2, 0) is 10.8 Å². The maximum Gasteiger partial charge on any atom is 0.160 e. The average Bonchev–Trinajstić information content (AvgIpc) is 3.57. The second kappa shape index (κ2) is 11.2. The monoisotopic (exact) mass is 666 g/mol. The van der Waals surface area contributed by atoms with Crippen molar-refractivity contribution < 1.29 is 0 Å². The Balaban J connectivity index is 1.20. The van der Waals surface area contributed by atoms with Gasteiger partial charge in [-0.05, 0) is 72.5 Å². The summed E-state index contributed by atoms with van der Waals surface area (Å²) < 4.78 is 0. The van der Waals surface area contributed by atoms with E-state index in [0.717, 1.165) is 33.9 Å². The number of fused-ring (bicyclic) bond motifs is 7. The fourth-order valence-corrected chi connectivity index (χ4v) is 9.06. The van der Waals surface area contributed by atoms with Crippen LogP contribution in [0.25, 0.3) is 78.1 Å². The lowest BCUT2D eigenvalue weighted by Gasteiger charge is -2.22. The van der Waals surface area contributed by atoms with Crippen LogP contribution >= 0.6 is 0 Å². The highest BCUT2D eigenvalue weighted by atomic mass is 14.9. The molecule has 1 aromatic heterocycles. The molecule has 52 heavy (non-hydrogen) atoms. The molecule has 0 spiro atoms. The maximum absolute atomic E-state index is 5.41. The molecule has 0 saturated heterocycles. The number of hydrogen-bond donors (Lipinski definition) is 0. The second-order valence-corrected chi connectivity index (χ2v) is 15.4. The molecule has 0 amide bonds. The highest BCUT2D eigenvalue weighted by molar-refractivity contribution is 5.98. The van der Waals surface area contributed by atoms with Gasteiger partial charge in [0.1, 0.15) is 0 Å². The van der Waals surface area contributed by atoms with Crippen molar-refractivity contribution in [3.05, 3.63) is 180 Å². The van der Waals surface area contributed by atoms with Crippen LogP contribution in [0.3, 0.4) is 0 Å². The molecule has 2 heteroatoms. The van der Waals surface area contributed by atoms with E-state index in [1.807, 2.05) is 0 Å². The molecule has 248 valence electrons. The number of benzene rings is 7. The molecule has 0 atom stereocenters. The van der Waals surface area contributed by atoms with E-state index in [9.17, 15) is 0 Å². The molecule has 2 aliphatic carbocycles. The summed E-state index contributed by atoms with van der Waals surface area (Å²) in [5.74, 6) is 0.725. The Morgan fingerprint density at radius 2 is 0.788 bits per heavy atom. The fraction of sp³-hybridized carbons (Fsp3) is 0.120. The standard InChI is InChI=1S/C50H38N2/c1-49(2)40-22-9-7-17-36(40)46-38(20-12-24-42(46)49)44-30-45(39-21-13-25-43-47(39)37-18-8-10-23-41(37)50(43,3)4)52-48(51-44)33-28-26-32(27-29-33)35-19-11-15-31-14-5-6-16-34(31)35/h5-30H,1-4H3.